The SMILES string of the molecule is CCCC1CCC(=O)C(C2CCCCC2)C1. The van der Waals surface area contributed by atoms with Gasteiger partial charge in [0.2, 0.25) is 0 Å². The molecule has 2 unspecified atom stereocenters. The lowest BCUT2D eigenvalue weighted by atomic mass is 9.69. The van der Waals surface area contributed by atoms with Crippen LogP contribution in [0.3, 0.4) is 0 Å². The minimum Gasteiger partial charge on any atom is -0.299 e. The molecule has 0 radical (unpaired) electrons. The van der Waals surface area contributed by atoms with Crippen LogP contribution in [0.25, 0.3) is 0 Å². The zero-order valence-corrected chi connectivity index (χ0v) is 10.7. The Kier molecular flexibility index (Phi) is 4.43. The lowest BCUT2D eigenvalue weighted by Gasteiger charge is -2.35. The first-order valence-electron chi connectivity index (χ1n) is 7.34. The highest BCUT2D eigenvalue weighted by atomic mass is 16.1. The molecule has 16 heavy (non-hydrogen) atoms. The fourth-order valence-electron chi connectivity index (χ4n) is 3.80. The van der Waals surface area contributed by atoms with Crippen molar-refractivity contribution in [2.24, 2.45) is 17.8 Å². The van der Waals surface area contributed by atoms with Gasteiger partial charge in [0.05, 0.1) is 0 Å². The van der Waals surface area contributed by atoms with Crippen LogP contribution in [0.1, 0.15) is 71.1 Å². The maximum atomic E-state index is 12.0. The second-order valence-corrected chi connectivity index (χ2v) is 5.90. The van der Waals surface area contributed by atoms with Gasteiger partial charge in [0.1, 0.15) is 5.78 Å². The molecule has 2 aliphatic rings. The van der Waals surface area contributed by atoms with Crippen molar-refractivity contribution in [3.05, 3.63) is 0 Å². The van der Waals surface area contributed by atoms with Gasteiger partial charge in [-0.25, -0.2) is 0 Å². The molecule has 0 heterocycles. The Morgan fingerprint density at radius 3 is 2.56 bits per heavy atom. The average Bonchev–Trinajstić information content (AvgIpc) is 2.33. The molecule has 92 valence electrons. The first-order valence-corrected chi connectivity index (χ1v) is 7.34. The second-order valence-electron chi connectivity index (χ2n) is 5.90. The van der Waals surface area contributed by atoms with Crippen LogP contribution in [0.2, 0.25) is 0 Å². The molecule has 0 amide bonds. The van der Waals surface area contributed by atoms with Crippen molar-refractivity contribution < 1.29 is 4.79 Å². The van der Waals surface area contributed by atoms with E-state index in [0.29, 0.717) is 11.7 Å². The van der Waals surface area contributed by atoms with E-state index in [1.54, 1.807) is 0 Å². The Morgan fingerprint density at radius 1 is 1.12 bits per heavy atom. The molecule has 2 rings (SSSR count). The first-order chi connectivity index (χ1) is 7.81. The van der Waals surface area contributed by atoms with Crippen molar-refractivity contribution in [1.82, 2.24) is 0 Å². The van der Waals surface area contributed by atoms with Crippen LogP contribution >= 0.6 is 0 Å². The Hall–Kier alpha value is -0.330. The summed E-state index contributed by atoms with van der Waals surface area (Å²) in [6.07, 6.45) is 12.7. The predicted octanol–water partition coefficient (Wildman–Crippen LogP) is 4.35. The number of rotatable bonds is 3. The van der Waals surface area contributed by atoms with E-state index in [9.17, 15) is 4.79 Å². The minimum absolute atomic E-state index is 0.450. The van der Waals surface area contributed by atoms with Crippen LogP contribution in [0.4, 0.5) is 0 Å². The molecule has 0 saturated heterocycles. The van der Waals surface area contributed by atoms with E-state index in [0.717, 1.165) is 18.3 Å². The van der Waals surface area contributed by atoms with Gasteiger partial charge < -0.3 is 0 Å². The van der Waals surface area contributed by atoms with Crippen molar-refractivity contribution in [3.8, 4) is 0 Å². The lowest BCUT2D eigenvalue weighted by molar-refractivity contribution is -0.128. The largest absolute Gasteiger partial charge is 0.299 e. The van der Waals surface area contributed by atoms with Gasteiger partial charge in [-0.3, -0.25) is 4.79 Å². The highest BCUT2D eigenvalue weighted by Gasteiger charge is 2.34. The summed E-state index contributed by atoms with van der Waals surface area (Å²) < 4.78 is 0. The fraction of sp³-hybridized carbons (Fsp3) is 0.933. The van der Waals surface area contributed by atoms with E-state index < -0.39 is 0 Å². The number of ketones is 1. The maximum absolute atomic E-state index is 12.0. The second kappa shape index (κ2) is 5.84. The van der Waals surface area contributed by atoms with Crippen molar-refractivity contribution in [2.45, 2.75) is 71.1 Å². The third kappa shape index (κ3) is 2.87. The van der Waals surface area contributed by atoms with Crippen LogP contribution < -0.4 is 0 Å². The molecule has 2 atom stereocenters. The molecule has 0 aromatic rings. The summed E-state index contributed by atoms with van der Waals surface area (Å²) >= 11 is 0. The van der Waals surface area contributed by atoms with Crippen molar-refractivity contribution in [1.29, 1.82) is 0 Å². The molecule has 0 aromatic heterocycles. The molecule has 0 N–H and O–H groups in total. The van der Waals surface area contributed by atoms with E-state index in [1.807, 2.05) is 0 Å². The minimum atomic E-state index is 0.450. The van der Waals surface area contributed by atoms with Gasteiger partial charge in [-0.1, -0.05) is 39.0 Å². The Morgan fingerprint density at radius 2 is 1.88 bits per heavy atom. The summed E-state index contributed by atoms with van der Waals surface area (Å²) in [5.41, 5.74) is 0. The van der Waals surface area contributed by atoms with Crippen LogP contribution in [0, 0.1) is 17.8 Å². The van der Waals surface area contributed by atoms with E-state index in [1.165, 1.54) is 57.8 Å². The summed E-state index contributed by atoms with van der Waals surface area (Å²) in [6.45, 7) is 2.27. The third-order valence-electron chi connectivity index (χ3n) is 4.72. The Balaban J connectivity index is 1.91. The topological polar surface area (TPSA) is 17.1 Å². The molecule has 2 fully saturated rings. The van der Waals surface area contributed by atoms with Crippen molar-refractivity contribution in [3.63, 3.8) is 0 Å². The monoisotopic (exact) mass is 222 g/mol. The van der Waals surface area contributed by atoms with Crippen LogP contribution in [0.15, 0.2) is 0 Å². The van der Waals surface area contributed by atoms with Gasteiger partial charge >= 0.3 is 0 Å². The van der Waals surface area contributed by atoms with Crippen molar-refractivity contribution >= 4 is 5.78 Å². The van der Waals surface area contributed by atoms with E-state index in [2.05, 4.69) is 6.92 Å². The zero-order chi connectivity index (χ0) is 11.4. The molecule has 1 heteroatoms. The molecule has 0 aromatic carbocycles. The number of carbonyl (C=O) groups excluding carboxylic acids is 1. The van der Waals surface area contributed by atoms with Crippen LogP contribution in [-0.2, 0) is 4.79 Å². The summed E-state index contributed by atoms with van der Waals surface area (Å²) in [5, 5.41) is 0. The summed E-state index contributed by atoms with van der Waals surface area (Å²) in [6, 6.07) is 0. The number of Topliss-reactive ketones (excluding diaryl/α,β-unsaturated/α-hetero) is 1. The molecule has 2 saturated carbocycles. The van der Waals surface area contributed by atoms with Gasteiger partial charge in [0.15, 0.2) is 0 Å². The summed E-state index contributed by atoms with van der Waals surface area (Å²) in [7, 11) is 0. The van der Waals surface area contributed by atoms with E-state index in [-0.39, 0.29) is 0 Å². The van der Waals surface area contributed by atoms with Crippen LogP contribution in [-0.4, -0.2) is 5.78 Å². The fourth-order valence-corrected chi connectivity index (χ4v) is 3.80. The number of hydrogen-bond donors (Lipinski definition) is 0. The molecule has 0 spiro atoms. The van der Waals surface area contributed by atoms with E-state index >= 15 is 0 Å². The third-order valence-corrected chi connectivity index (χ3v) is 4.72. The Labute approximate surface area is 100.0 Å². The van der Waals surface area contributed by atoms with Gasteiger partial charge in [-0.15, -0.1) is 0 Å². The van der Waals surface area contributed by atoms with E-state index in [4.69, 9.17) is 0 Å². The molecule has 0 aliphatic heterocycles. The number of hydrogen-bond acceptors (Lipinski definition) is 1. The standard InChI is InChI=1S/C15H26O/c1-2-6-12-9-10-15(16)14(11-12)13-7-4-3-5-8-13/h12-14H,2-11H2,1H3. The van der Waals surface area contributed by atoms with Gasteiger partial charge in [0, 0.05) is 12.3 Å². The number of carbonyl (C=O) groups is 1. The molecule has 0 bridgehead atoms. The van der Waals surface area contributed by atoms with Gasteiger partial charge in [0.25, 0.3) is 0 Å². The van der Waals surface area contributed by atoms with Gasteiger partial charge in [-0.2, -0.15) is 0 Å². The average molecular weight is 222 g/mol. The first kappa shape index (κ1) is 12.1. The molecule has 1 nitrogen and oxygen atoms in total. The summed E-state index contributed by atoms with van der Waals surface area (Å²) in [5.74, 6) is 2.65. The molecule has 2 aliphatic carbocycles. The smallest absolute Gasteiger partial charge is 0.136 e. The predicted molar refractivity (Wildman–Crippen MR) is 67.3 cm³/mol. The normalized spacial score (nSPS) is 32.9. The molecular weight excluding hydrogens is 196 g/mol. The zero-order valence-electron chi connectivity index (χ0n) is 10.7. The Bertz CT molecular complexity index is 228. The summed E-state index contributed by atoms with van der Waals surface area (Å²) in [4.78, 5) is 12.0. The molecular formula is C15H26O. The highest BCUT2D eigenvalue weighted by Crippen LogP contribution is 2.39. The van der Waals surface area contributed by atoms with Crippen molar-refractivity contribution in [2.75, 3.05) is 0 Å². The van der Waals surface area contributed by atoms with Crippen LogP contribution in [0.5, 0.6) is 0 Å². The quantitative estimate of drug-likeness (QED) is 0.693. The highest BCUT2D eigenvalue weighted by molar-refractivity contribution is 5.82. The lowest BCUT2D eigenvalue weighted by Crippen LogP contribution is -2.32. The maximum Gasteiger partial charge on any atom is 0.136 e. The van der Waals surface area contributed by atoms with Gasteiger partial charge in [-0.05, 0) is 37.5 Å².